The van der Waals surface area contributed by atoms with Crippen LogP contribution in [0.2, 0.25) is 0 Å². The van der Waals surface area contributed by atoms with E-state index in [9.17, 15) is 4.79 Å². The van der Waals surface area contributed by atoms with E-state index in [2.05, 4.69) is 55.4 Å². The molecule has 0 saturated carbocycles. The molecule has 0 spiro atoms. The van der Waals surface area contributed by atoms with Crippen molar-refractivity contribution in [2.24, 2.45) is 5.92 Å². The molecule has 1 fully saturated rings. The summed E-state index contributed by atoms with van der Waals surface area (Å²) in [6.07, 6.45) is 6.44. The number of aryl methyl sites for hydroxylation is 1. The average molecular weight is 421 g/mol. The molecule has 8 heteroatoms. The summed E-state index contributed by atoms with van der Waals surface area (Å²) in [6, 6.07) is 10.2. The van der Waals surface area contributed by atoms with Crippen LogP contribution in [0.5, 0.6) is 0 Å². The van der Waals surface area contributed by atoms with Gasteiger partial charge in [-0.25, -0.2) is 9.97 Å². The van der Waals surface area contributed by atoms with Gasteiger partial charge in [-0.3, -0.25) is 9.69 Å². The number of carbonyl (C=O) groups excluding carboxylic acids is 1. The Morgan fingerprint density at radius 3 is 2.71 bits per heavy atom. The third kappa shape index (κ3) is 6.18. The van der Waals surface area contributed by atoms with Crippen LogP contribution in [0.25, 0.3) is 11.6 Å². The highest BCUT2D eigenvalue weighted by molar-refractivity contribution is 5.76. The number of rotatable bonds is 8. The van der Waals surface area contributed by atoms with Gasteiger partial charge in [0, 0.05) is 38.3 Å². The third-order valence-corrected chi connectivity index (χ3v) is 5.56. The second-order valence-electron chi connectivity index (χ2n) is 8.14. The number of likely N-dealkylation sites (tertiary alicyclic amines) is 1. The molecule has 0 radical (unpaired) electrons. The first-order valence-corrected chi connectivity index (χ1v) is 10.8. The first-order chi connectivity index (χ1) is 15.2. The quantitative estimate of drug-likeness (QED) is 0.598. The Hall–Kier alpha value is -3.13. The summed E-state index contributed by atoms with van der Waals surface area (Å²) >= 11 is 0. The Kier molecular flexibility index (Phi) is 6.99. The van der Waals surface area contributed by atoms with Crippen molar-refractivity contribution in [1.82, 2.24) is 30.3 Å². The SMILES string of the molecule is CC1CCN(Cc2cccc(CNC(=O)CCc3nc(-c4ncccn4)no3)c2)CC1. The molecule has 1 aliphatic rings. The highest BCUT2D eigenvalue weighted by Gasteiger charge is 2.16. The standard InChI is InChI=1S/C23H28N6O2/c1-17-8-12-29(13-9-17)16-19-5-2-4-18(14-19)15-26-20(30)6-7-21-27-23(28-31-21)22-24-10-3-11-25-22/h2-5,10-11,14,17H,6-9,12-13,15-16H2,1H3,(H,26,30). The lowest BCUT2D eigenvalue weighted by Gasteiger charge is -2.30. The Morgan fingerprint density at radius 2 is 1.90 bits per heavy atom. The second kappa shape index (κ2) is 10.3. The highest BCUT2D eigenvalue weighted by Crippen LogP contribution is 2.18. The first kappa shape index (κ1) is 21.1. The number of nitrogens with one attached hydrogen (secondary N) is 1. The lowest BCUT2D eigenvalue weighted by Crippen LogP contribution is -2.32. The molecule has 0 aliphatic carbocycles. The van der Waals surface area contributed by atoms with Crippen molar-refractivity contribution in [2.75, 3.05) is 13.1 Å². The molecule has 31 heavy (non-hydrogen) atoms. The second-order valence-corrected chi connectivity index (χ2v) is 8.14. The molecule has 3 heterocycles. The van der Waals surface area contributed by atoms with Gasteiger partial charge in [-0.05, 0) is 49.0 Å². The van der Waals surface area contributed by atoms with Gasteiger partial charge in [0.2, 0.25) is 23.4 Å². The number of hydrogen-bond donors (Lipinski definition) is 1. The van der Waals surface area contributed by atoms with Crippen molar-refractivity contribution >= 4 is 5.91 Å². The van der Waals surface area contributed by atoms with Crippen molar-refractivity contribution in [3.63, 3.8) is 0 Å². The van der Waals surface area contributed by atoms with Crippen LogP contribution in [0.4, 0.5) is 0 Å². The van der Waals surface area contributed by atoms with Gasteiger partial charge in [0.15, 0.2) is 0 Å². The van der Waals surface area contributed by atoms with E-state index >= 15 is 0 Å². The van der Waals surface area contributed by atoms with Gasteiger partial charge in [-0.2, -0.15) is 4.98 Å². The normalized spacial score (nSPS) is 15.1. The zero-order valence-corrected chi connectivity index (χ0v) is 17.8. The number of aromatic nitrogens is 4. The predicted molar refractivity (Wildman–Crippen MR) is 116 cm³/mol. The van der Waals surface area contributed by atoms with Crippen LogP contribution in [-0.4, -0.2) is 44.0 Å². The number of benzene rings is 1. The molecular formula is C23H28N6O2. The molecule has 1 aliphatic heterocycles. The fourth-order valence-corrected chi connectivity index (χ4v) is 3.69. The molecular weight excluding hydrogens is 392 g/mol. The molecule has 1 saturated heterocycles. The molecule has 0 atom stereocenters. The highest BCUT2D eigenvalue weighted by atomic mass is 16.5. The van der Waals surface area contributed by atoms with E-state index in [1.54, 1.807) is 18.5 Å². The molecule has 4 rings (SSSR count). The van der Waals surface area contributed by atoms with Crippen LogP contribution >= 0.6 is 0 Å². The molecule has 2 aromatic heterocycles. The van der Waals surface area contributed by atoms with Crippen molar-refractivity contribution < 1.29 is 9.32 Å². The van der Waals surface area contributed by atoms with Gasteiger partial charge >= 0.3 is 0 Å². The van der Waals surface area contributed by atoms with Crippen LogP contribution < -0.4 is 5.32 Å². The van der Waals surface area contributed by atoms with E-state index in [0.717, 1.165) is 31.1 Å². The molecule has 1 N–H and O–H groups in total. The minimum atomic E-state index is -0.0499. The van der Waals surface area contributed by atoms with Crippen molar-refractivity contribution in [2.45, 2.75) is 45.7 Å². The van der Waals surface area contributed by atoms with E-state index in [4.69, 9.17) is 4.52 Å². The monoisotopic (exact) mass is 420 g/mol. The fraction of sp³-hybridized carbons (Fsp3) is 0.435. The summed E-state index contributed by atoms with van der Waals surface area (Å²) in [5, 5.41) is 6.85. The first-order valence-electron chi connectivity index (χ1n) is 10.8. The van der Waals surface area contributed by atoms with Gasteiger partial charge in [0.05, 0.1) is 0 Å². The number of carbonyl (C=O) groups is 1. The number of amides is 1. The van der Waals surface area contributed by atoms with E-state index in [1.165, 1.54) is 18.4 Å². The minimum Gasteiger partial charge on any atom is -0.352 e. The topological polar surface area (TPSA) is 97.0 Å². The van der Waals surface area contributed by atoms with Gasteiger partial charge in [-0.15, -0.1) is 0 Å². The average Bonchev–Trinajstić information content (AvgIpc) is 3.28. The lowest BCUT2D eigenvalue weighted by atomic mass is 9.98. The maximum absolute atomic E-state index is 12.3. The molecule has 162 valence electrons. The summed E-state index contributed by atoms with van der Waals surface area (Å²) in [5.41, 5.74) is 2.40. The number of nitrogens with zero attached hydrogens (tertiary/aromatic N) is 5. The minimum absolute atomic E-state index is 0.0499. The molecule has 1 amide bonds. The van der Waals surface area contributed by atoms with Gasteiger partial charge < -0.3 is 9.84 Å². The summed E-state index contributed by atoms with van der Waals surface area (Å²) < 4.78 is 5.20. The largest absolute Gasteiger partial charge is 0.352 e. The molecule has 0 unspecified atom stereocenters. The number of piperidine rings is 1. The predicted octanol–water partition coefficient (Wildman–Crippen LogP) is 3.01. The zero-order chi connectivity index (χ0) is 21.5. The van der Waals surface area contributed by atoms with Gasteiger partial charge in [0.1, 0.15) is 0 Å². The van der Waals surface area contributed by atoms with E-state index in [-0.39, 0.29) is 12.3 Å². The van der Waals surface area contributed by atoms with Crippen LogP contribution in [-0.2, 0) is 24.3 Å². The van der Waals surface area contributed by atoms with Gasteiger partial charge in [-0.1, -0.05) is 36.3 Å². The fourth-order valence-electron chi connectivity index (χ4n) is 3.69. The maximum Gasteiger partial charge on any atom is 0.240 e. The van der Waals surface area contributed by atoms with Crippen molar-refractivity contribution in [3.8, 4) is 11.6 Å². The smallest absolute Gasteiger partial charge is 0.240 e. The summed E-state index contributed by atoms with van der Waals surface area (Å²) in [5.74, 6) is 1.92. The number of hydrogen-bond acceptors (Lipinski definition) is 7. The van der Waals surface area contributed by atoms with Crippen LogP contribution in [0.1, 0.15) is 43.2 Å². The third-order valence-electron chi connectivity index (χ3n) is 5.56. The Bertz CT molecular complexity index is 982. The molecule has 0 bridgehead atoms. The lowest BCUT2D eigenvalue weighted by molar-refractivity contribution is -0.121. The summed E-state index contributed by atoms with van der Waals surface area (Å²) in [7, 11) is 0. The maximum atomic E-state index is 12.3. The summed E-state index contributed by atoms with van der Waals surface area (Å²) in [6.45, 7) is 6.14. The van der Waals surface area contributed by atoms with Crippen LogP contribution in [0.15, 0.2) is 47.2 Å². The summed E-state index contributed by atoms with van der Waals surface area (Å²) in [4.78, 5) is 27.2. The van der Waals surface area contributed by atoms with Crippen LogP contribution in [0.3, 0.4) is 0 Å². The van der Waals surface area contributed by atoms with Crippen LogP contribution in [0, 0.1) is 5.92 Å². The Balaban J connectivity index is 1.22. The molecule has 1 aromatic carbocycles. The van der Waals surface area contributed by atoms with E-state index in [0.29, 0.717) is 30.5 Å². The molecule has 3 aromatic rings. The Morgan fingerprint density at radius 1 is 1.13 bits per heavy atom. The zero-order valence-electron chi connectivity index (χ0n) is 17.8. The van der Waals surface area contributed by atoms with Crippen molar-refractivity contribution in [1.29, 1.82) is 0 Å². The van der Waals surface area contributed by atoms with E-state index < -0.39 is 0 Å². The Labute approximate surface area is 182 Å². The van der Waals surface area contributed by atoms with Crippen molar-refractivity contribution in [3.05, 3.63) is 59.7 Å². The van der Waals surface area contributed by atoms with E-state index in [1.807, 2.05) is 6.07 Å². The molecule has 8 nitrogen and oxygen atoms in total. The van der Waals surface area contributed by atoms with Gasteiger partial charge in [0.25, 0.3) is 0 Å².